The number of benzene rings is 2. The van der Waals surface area contributed by atoms with Crippen molar-refractivity contribution in [2.24, 2.45) is 0 Å². The van der Waals surface area contributed by atoms with E-state index in [4.69, 9.17) is 0 Å². The molecule has 0 aliphatic heterocycles. The van der Waals surface area contributed by atoms with Crippen molar-refractivity contribution in [1.82, 2.24) is 0 Å². The summed E-state index contributed by atoms with van der Waals surface area (Å²) >= 11 is 0. The molecule has 80 valence electrons. The summed E-state index contributed by atoms with van der Waals surface area (Å²) in [6, 6.07) is 13.1. The molecule has 15 heavy (non-hydrogen) atoms. The van der Waals surface area contributed by atoms with Crippen LogP contribution < -0.4 is 0 Å². The van der Waals surface area contributed by atoms with Crippen molar-refractivity contribution >= 4 is 10.8 Å². The molecule has 2 rings (SSSR count). The minimum Gasteiger partial charge on any atom is -0.0683 e. The predicted octanol–water partition coefficient (Wildman–Crippen LogP) is 4.74. The molecule has 0 fully saturated rings. The summed E-state index contributed by atoms with van der Waals surface area (Å²) in [6.07, 6.45) is 1.11. The molecule has 0 bridgehead atoms. The molecule has 0 atom stereocenters. The standard InChI is InChI=1S/C13H14.C2H6/c1-3-11-9-8-10(2)12-6-4-5-7-13(11)12;1-2/h4-9H,3H2,1-2H3;1-2H3. The first-order valence-electron chi connectivity index (χ1n) is 5.80. The van der Waals surface area contributed by atoms with Crippen LogP contribution in [0.2, 0.25) is 0 Å². The lowest BCUT2D eigenvalue weighted by Gasteiger charge is -2.06. The third kappa shape index (κ3) is 2.38. The second-order valence-electron chi connectivity index (χ2n) is 3.44. The highest BCUT2D eigenvalue weighted by molar-refractivity contribution is 5.88. The molecule has 0 nitrogen and oxygen atoms in total. The lowest BCUT2D eigenvalue weighted by molar-refractivity contribution is 1.16. The maximum atomic E-state index is 2.23. The highest BCUT2D eigenvalue weighted by Crippen LogP contribution is 2.22. The van der Waals surface area contributed by atoms with Gasteiger partial charge in [-0.15, -0.1) is 0 Å². The molecule has 0 unspecified atom stereocenters. The summed E-state index contributed by atoms with van der Waals surface area (Å²) in [4.78, 5) is 0. The van der Waals surface area contributed by atoms with E-state index in [-0.39, 0.29) is 0 Å². The number of hydrogen-bond acceptors (Lipinski definition) is 0. The van der Waals surface area contributed by atoms with Crippen LogP contribution in [0.25, 0.3) is 10.8 Å². The molecule has 0 aliphatic rings. The highest BCUT2D eigenvalue weighted by atomic mass is 14.0. The normalized spacial score (nSPS) is 9.60. The van der Waals surface area contributed by atoms with E-state index >= 15 is 0 Å². The van der Waals surface area contributed by atoms with E-state index in [1.54, 1.807) is 0 Å². The summed E-state index contributed by atoms with van der Waals surface area (Å²) in [5, 5.41) is 2.80. The molecule has 0 saturated heterocycles. The highest BCUT2D eigenvalue weighted by Gasteiger charge is 1.99. The Morgan fingerprint density at radius 1 is 0.867 bits per heavy atom. The molecule has 2 aromatic carbocycles. The quantitative estimate of drug-likeness (QED) is 0.624. The molecular formula is C15H20. The molecule has 0 heteroatoms. The van der Waals surface area contributed by atoms with Crippen molar-refractivity contribution in [3.05, 3.63) is 47.5 Å². The first-order valence-corrected chi connectivity index (χ1v) is 5.80. The number of aryl methyl sites for hydroxylation is 2. The largest absolute Gasteiger partial charge is 0.0683 e. The predicted molar refractivity (Wildman–Crippen MR) is 69.4 cm³/mol. The van der Waals surface area contributed by atoms with E-state index in [0.29, 0.717) is 0 Å². The monoisotopic (exact) mass is 200 g/mol. The fourth-order valence-electron chi connectivity index (χ4n) is 1.82. The second kappa shape index (κ2) is 5.55. The summed E-state index contributed by atoms with van der Waals surface area (Å²) in [5.41, 5.74) is 2.81. The fraction of sp³-hybridized carbons (Fsp3) is 0.333. The Labute approximate surface area is 92.9 Å². The van der Waals surface area contributed by atoms with Crippen LogP contribution in [0.3, 0.4) is 0 Å². The van der Waals surface area contributed by atoms with Gasteiger partial charge in [0.1, 0.15) is 0 Å². The van der Waals surface area contributed by atoms with Crippen LogP contribution in [0, 0.1) is 6.92 Å². The van der Waals surface area contributed by atoms with Crippen LogP contribution >= 0.6 is 0 Å². The van der Waals surface area contributed by atoms with Crippen LogP contribution in [0.1, 0.15) is 31.9 Å². The Bertz CT molecular complexity index is 427. The third-order valence-electron chi connectivity index (χ3n) is 2.61. The lowest BCUT2D eigenvalue weighted by atomic mass is 9.99. The summed E-state index contributed by atoms with van der Waals surface area (Å²) in [5.74, 6) is 0. The van der Waals surface area contributed by atoms with E-state index in [0.717, 1.165) is 6.42 Å². The minimum absolute atomic E-state index is 1.11. The van der Waals surface area contributed by atoms with Gasteiger partial charge in [-0.1, -0.05) is 57.2 Å². The Morgan fingerprint density at radius 2 is 1.47 bits per heavy atom. The summed E-state index contributed by atoms with van der Waals surface area (Å²) in [6.45, 7) is 8.37. The molecule has 0 N–H and O–H groups in total. The smallest absolute Gasteiger partial charge is 0.0149 e. The average Bonchev–Trinajstić information content (AvgIpc) is 2.33. The van der Waals surface area contributed by atoms with Crippen molar-refractivity contribution in [2.45, 2.75) is 34.1 Å². The van der Waals surface area contributed by atoms with Gasteiger partial charge in [-0.25, -0.2) is 0 Å². The molecule has 0 radical (unpaired) electrons. The van der Waals surface area contributed by atoms with Gasteiger partial charge in [-0.2, -0.15) is 0 Å². The lowest BCUT2D eigenvalue weighted by Crippen LogP contribution is -1.85. The molecular weight excluding hydrogens is 180 g/mol. The first kappa shape index (κ1) is 11.8. The van der Waals surface area contributed by atoms with E-state index < -0.39 is 0 Å². The zero-order valence-electron chi connectivity index (χ0n) is 10.2. The van der Waals surface area contributed by atoms with E-state index in [1.165, 1.54) is 21.9 Å². The SMILES string of the molecule is CC.CCc1ccc(C)c2ccccc12. The van der Waals surface area contributed by atoms with Crippen molar-refractivity contribution < 1.29 is 0 Å². The number of rotatable bonds is 1. The van der Waals surface area contributed by atoms with Gasteiger partial charge in [0.15, 0.2) is 0 Å². The van der Waals surface area contributed by atoms with Crippen molar-refractivity contribution in [1.29, 1.82) is 0 Å². The Hall–Kier alpha value is -1.30. The zero-order valence-corrected chi connectivity index (χ0v) is 10.2. The Morgan fingerprint density at radius 3 is 2.07 bits per heavy atom. The summed E-state index contributed by atoms with van der Waals surface area (Å²) < 4.78 is 0. The number of hydrogen-bond donors (Lipinski definition) is 0. The van der Waals surface area contributed by atoms with Gasteiger partial charge in [0.05, 0.1) is 0 Å². The molecule has 0 aliphatic carbocycles. The van der Waals surface area contributed by atoms with Crippen LogP contribution in [0.4, 0.5) is 0 Å². The van der Waals surface area contributed by atoms with E-state index in [2.05, 4.69) is 50.2 Å². The van der Waals surface area contributed by atoms with Crippen molar-refractivity contribution in [2.75, 3.05) is 0 Å². The van der Waals surface area contributed by atoms with Gasteiger partial charge < -0.3 is 0 Å². The molecule has 2 aromatic rings. The molecule has 0 saturated carbocycles. The number of fused-ring (bicyclic) bond motifs is 1. The zero-order chi connectivity index (χ0) is 11.3. The average molecular weight is 200 g/mol. The van der Waals surface area contributed by atoms with Crippen molar-refractivity contribution in [3.63, 3.8) is 0 Å². The van der Waals surface area contributed by atoms with Crippen LogP contribution in [0.15, 0.2) is 36.4 Å². The van der Waals surface area contributed by atoms with Gasteiger partial charge in [0.25, 0.3) is 0 Å². The topological polar surface area (TPSA) is 0 Å². The molecule has 0 spiro atoms. The van der Waals surface area contributed by atoms with Crippen LogP contribution in [-0.2, 0) is 6.42 Å². The molecule has 0 amide bonds. The van der Waals surface area contributed by atoms with E-state index in [1.807, 2.05) is 13.8 Å². The van der Waals surface area contributed by atoms with Crippen LogP contribution in [0.5, 0.6) is 0 Å². The third-order valence-corrected chi connectivity index (χ3v) is 2.61. The maximum Gasteiger partial charge on any atom is -0.0149 e. The van der Waals surface area contributed by atoms with Gasteiger partial charge in [-0.05, 0) is 35.2 Å². The minimum atomic E-state index is 1.11. The van der Waals surface area contributed by atoms with Gasteiger partial charge >= 0.3 is 0 Å². The van der Waals surface area contributed by atoms with Crippen molar-refractivity contribution in [3.8, 4) is 0 Å². The Kier molecular flexibility index (Phi) is 4.36. The maximum absolute atomic E-state index is 2.23. The van der Waals surface area contributed by atoms with E-state index in [9.17, 15) is 0 Å². The molecule has 0 heterocycles. The fourth-order valence-corrected chi connectivity index (χ4v) is 1.82. The summed E-state index contributed by atoms with van der Waals surface area (Å²) in [7, 11) is 0. The molecule has 0 aromatic heterocycles. The second-order valence-corrected chi connectivity index (χ2v) is 3.44. The van der Waals surface area contributed by atoms with Gasteiger partial charge in [0.2, 0.25) is 0 Å². The Balaban J connectivity index is 0.000000531. The van der Waals surface area contributed by atoms with Gasteiger partial charge in [0, 0.05) is 0 Å². The first-order chi connectivity index (χ1) is 7.33. The van der Waals surface area contributed by atoms with Crippen LogP contribution in [-0.4, -0.2) is 0 Å². The van der Waals surface area contributed by atoms with Gasteiger partial charge in [-0.3, -0.25) is 0 Å².